The van der Waals surface area contributed by atoms with Crippen LogP contribution in [-0.2, 0) is 4.74 Å². The van der Waals surface area contributed by atoms with Crippen molar-refractivity contribution in [3.63, 3.8) is 0 Å². The van der Waals surface area contributed by atoms with Crippen molar-refractivity contribution in [1.82, 2.24) is 4.98 Å². The molecule has 0 bridgehead atoms. The SMILES string of the molecule is COC(O)c1cc(Br)cnc1N. The fourth-order valence-corrected chi connectivity index (χ4v) is 1.14. The van der Waals surface area contributed by atoms with Gasteiger partial charge in [-0.2, -0.15) is 0 Å². The van der Waals surface area contributed by atoms with Crippen molar-refractivity contribution in [1.29, 1.82) is 0 Å². The van der Waals surface area contributed by atoms with Crippen molar-refractivity contribution in [3.8, 4) is 0 Å². The van der Waals surface area contributed by atoms with Gasteiger partial charge in [-0.15, -0.1) is 0 Å². The van der Waals surface area contributed by atoms with Gasteiger partial charge in [-0.05, 0) is 22.0 Å². The molecular weight excluding hydrogens is 224 g/mol. The van der Waals surface area contributed by atoms with Crippen LogP contribution in [0.25, 0.3) is 0 Å². The van der Waals surface area contributed by atoms with Crippen LogP contribution in [0.2, 0.25) is 0 Å². The number of aliphatic hydroxyl groups is 1. The van der Waals surface area contributed by atoms with Crippen molar-refractivity contribution < 1.29 is 9.84 Å². The smallest absolute Gasteiger partial charge is 0.184 e. The van der Waals surface area contributed by atoms with E-state index in [2.05, 4.69) is 25.7 Å². The molecule has 0 saturated carbocycles. The highest BCUT2D eigenvalue weighted by Gasteiger charge is 2.10. The van der Waals surface area contributed by atoms with Gasteiger partial charge in [-0.1, -0.05) is 0 Å². The van der Waals surface area contributed by atoms with Crippen LogP contribution < -0.4 is 5.73 Å². The first kappa shape index (κ1) is 9.44. The molecule has 1 aromatic rings. The molecule has 0 saturated heterocycles. The summed E-state index contributed by atoms with van der Waals surface area (Å²) in [6, 6.07) is 1.66. The number of hydrogen-bond acceptors (Lipinski definition) is 4. The number of aliphatic hydroxyl groups excluding tert-OH is 1. The van der Waals surface area contributed by atoms with Crippen LogP contribution in [0.1, 0.15) is 11.9 Å². The maximum Gasteiger partial charge on any atom is 0.184 e. The van der Waals surface area contributed by atoms with Crippen molar-refractivity contribution in [2.24, 2.45) is 0 Å². The Morgan fingerprint density at radius 1 is 1.75 bits per heavy atom. The molecular formula is C7H9BrN2O2. The fraction of sp³-hybridized carbons (Fsp3) is 0.286. The number of halogens is 1. The summed E-state index contributed by atoms with van der Waals surface area (Å²) in [7, 11) is 1.39. The second-order valence-corrected chi connectivity index (χ2v) is 3.13. The molecule has 0 radical (unpaired) electrons. The topological polar surface area (TPSA) is 68.4 Å². The molecule has 66 valence electrons. The monoisotopic (exact) mass is 232 g/mol. The molecule has 5 heteroatoms. The van der Waals surface area contributed by atoms with E-state index in [0.717, 1.165) is 4.47 Å². The number of anilines is 1. The number of nitrogens with two attached hydrogens (primary N) is 1. The molecule has 0 spiro atoms. The second kappa shape index (κ2) is 3.84. The van der Waals surface area contributed by atoms with Crippen molar-refractivity contribution >= 4 is 21.7 Å². The Labute approximate surface area is 78.5 Å². The molecule has 0 amide bonds. The van der Waals surface area contributed by atoms with Crippen LogP contribution in [0.5, 0.6) is 0 Å². The minimum Gasteiger partial charge on any atom is -0.383 e. The second-order valence-electron chi connectivity index (χ2n) is 2.22. The number of nitrogen functional groups attached to an aromatic ring is 1. The summed E-state index contributed by atoms with van der Waals surface area (Å²) in [6.07, 6.45) is 0.538. The Balaban J connectivity index is 3.04. The first-order chi connectivity index (χ1) is 5.65. The molecule has 0 aromatic carbocycles. The lowest BCUT2D eigenvalue weighted by molar-refractivity contribution is -0.0765. The van der Waals surface area contributed by atoms with Crippen LogP contribution in [0.3, 0.4) is 0 Å². The zero-order valence-corrected chi connectivity index (χ0v) is 8.08. The average molecular weight is 233 g/mol. The van der Waals surface area contributed by atoms with Gasteiger partial charge in [0.2, 0.25) is 0 Å². The van der Waals surface area contributed by atoms with E-state index in [0.29, 0.717) is 5.56 Å². The van der Waals surface area contributed by atoms with Crippen LogP contribution in [0.15, 0.2) is 16.7 Å². The molecule has 4 nitrogen and oxygen atoms in total. The third-order valence-electron chi connectivity index (χ3n) is 1.41. The quantitative estimate of drug-likeness (QED) is 0.749. The molecule has 0 fully saturated rings. The maximum absolute atomic E-state index is 9.27. The third kappa shape index (κ3) is 1.94. The predicted octanol–water partition coefficient (Wildman–Crippen LogP) is 1.06. The zero-order chi connectivity index (χ0) is 9.14. The summed E-state index contributed by atoms with van der Waals surface area (Å²) < 4.78 is 5.44. The normalized spacial score (nSPS) is 12.9. The van der Waals surface area contributed by atoms with E-state index >= 15 is 0 Å². The minimum absolute atomic E-state index is 0.271. The highest BCUT2D eigenvalue weighted by Crippen LogP contribution is 2.22. The number of rotatable bonds is 2. The predicted molar refractivity (Wildman–Crippen MR) is 48.3 cm³/mol. The first-order valence-corrected chi connectivity index (χ1v) is 4.06. The van der Waals surface area contributed by atoms with Gasteiger partial charge in [0, 0.05) is 17.8 Å². The van der Waals surface area contributed by atoms with Gasteiger partial charge in [-0.25, -0.2) is 4.98 Å². The minimum atomic E-state index is -1.02. The molecule has 1 heterocycles. The molecule has 12 heavy (non-hydrogen) atoms. The summed E-state index contributed by atoms with van der Waals surface area (Å²) in [5, 5.41) is 9.27. The van der Waals surface area contributed by atoms with Gasteiger partial charge in [0.1, 0.15) is 5.82 Å². The number of pyridine rings is 1. The number of hydrogen-bond donors (Lipinski definition) is 2. The molecule has 1 aromatic heterocycles. The van der Waals surface area contributed by atoms with E-state index in [9.17, 15) is 5.11 Å². The Bertz CT molecular complexity index is 280. The van der Waals surface area contributed by atoms with Crippen LogP contribution in [0, 0.1) is 0 Å². The molecule has 0 aliphatic carbocycles. The number of nitrogens with zero attached hydrogens (tertiary/aromatic N) is 1. The number of aromatic nitrogens is 1. The van der Waals surface area contributed by atoms with Gasteiger partial charge in [0.05, 0.1) is 5.56 Å². The molecule has 3 N–H and O–H groups in total. The molecule has 1 unspecified atom stereocenters. The van der Waals surface area contributed by atoms with Crippen LogP contribution >= 0.6 is 15.9 Å². The Kier molecular flexibility index (Phi) is 3.02. The van der Waals surface area contributed by atoms with Gasteiger partial charge in [0.15, 0.2) is 6.29 Å². The van der Waals surface area contributed by atoms with E-state index < -0.39 is 6.29 Å². The van der Waals surface area contributed by atoms with E-state index in [-0.39, 0.29) is 5.82 Å². The van der Waals surface area contributed by atoms with E-state index in [1.807, 2.05) is 0 Å². The van der Waals surface area contributed by atoms with Gasteiger partial charge in [-0.3, -0.25) is 0 Å². The van der Waals surface area contributed by atoms with Crippen LogP contribution in [-0.4, -0.2) is 17.2 Å². The lowest BCUT2D eigenvalue weighted by Gasteiger charge is -2.10. The standard InChI is InChI=1S/C7H9BrN2O2/c1-12-7(11)5-2-4(8)3-10-6(5)9/h2-3,7,11H,1H3,(H2,9,10). The van der Waals surface area contributed by atoms with Gasteiger partial charge in [0.25, 0.3) is 0 Å². The Morgan fingerprint density at radius 2 is 2.42 bits per heavy atom. The summed E-state index contributed by atoms with van der Waals surface area (Å²) >= 11 is 3.21. The molecule has 0 aliphatic rings. The largest absolute Gasteiger partial charge is 0.383 e. The average Bonchev–Trinajstić information content (AvgIpc) is 2.08. The van der Waals surface area contributed by atoms with Gasteiger partial charge >= 0.3 is 0 Å². The molecule has 1 rings (SSSR count). The number of ether oxygens (including phenoxy) is 1. The van der Waals surface area contributed by atoms with Crippen molar-refractivity contribution in [3.05, 3.63) is 22.3 Å². The van der Waals surface area contributed by atoms with Crippen molar-refractivity contribution in [2.45, 2.75) is 6.29 Å². The lowest BCUT2D eigenvalue weighted by Crippen LogP contribution is -2.05. The van der Waals surface area contributed by atoms with Gasteiger partial charge < -0.3 is 15.6 Å². The lowest BCUT2D eigenvalue weighted by atomic mass is 10.2. The molecule has 1 atom stereocenters. The van der Waals surface area contributed by atoms with E-state index in [4.69, 9.17) is 5.73 Å². The number of methoxy groups -OCH3 is 1. The van der Waals surface area contributed by atoms with E-state index in [1.54, 1.807) is 12.3 Å². The zero-order valence-electron chi connectivity index (χ0n) is 6.49. The highest BCUT2D eigenvalue weighted by molar-refractivity contribution is 9.10. The fourth-order valence-electron chi connectivity index (χ4n) is 0.790. The van der Waals surface area contributed by atoms with E-state index in [1.165, 1.54) is 7.11 Å². The third-order valence-corrected chi connectivity index (χ3v) is 1.84. The summed E-state index contributed by atoms with van der Waals surface area (Å²) in [5.41, 5.74) is 5.96. The highest BCUT2D eigenvalue weighted by atomic mass is 79.9. The van der Waals surface area contributed by atoms with Crippen LogP contribution in [0.4, 0.5) is 5.82 Å². The Morgan fingerprint density at radius 3 is 3.00 bits per heavy atom. The van der Waals surface area contributed by atoms with Crippen molar-refractivity contribution in [2.75, 3.05) is 12.8 Å². The maximum atomic E-state index is 9.27. The summed E-state index contributed by atoms with van der Waals surface area (Å²) in [5.74, 6) is 0.271. The summed E-state index contributed by atoms with van der Waals surface area (Å²) in [6.45, 7) is 0. The molecule has 0 aliphatic heterocycles. The summed E-state index contributed by atoms with van der Waals surface area (Å²) in [4.78, 5) is 3.84. The Hall–Kier alpha value is -0.650. The first-order valence-electron chi connectivity index (χ1n) is 3.27.